The molecule has 248 valence electrons. The van der Waals surface area contributed by atoms with Crippen molar-refractivity contribution >= 4 is 11.7 Å². The predicted octanol–water partition coefficient (Wildman–Crippen LogP) is 1.99. The molecule has 2 aromatic carbocycles. The molecule has 0 saturated carbocycles. The van der Waals surface area contributed by atoms with Crippen molar-refractivity contribution < 1.29 is 39.5 Å². The molecule has 2 aromatic rings. The topological polar surface area (TPSA) is 149 Å². The second-order valence-corrected chi connectivity index (χ2v) is 13.6. The normalized spacial score (nSPS) is 27.0. The lowest BCUT2D eigenvalue weighted by Gasteiger charge is -2.50. The smallest absolute Gasteiger partial charge is 0.225 e. The van der Waals surface area contributed by atoms with Gasteiger partial charge in [-0.1, -0.05) is 43.3 Å². The van der Waals surface area contributed by atoms with E-state index in [0.717, 1.165) is 35.2 Å². The zero-order valence-corrected chi connectivity index (χ0v) is 27.4. The van der Waals surface area contributed by atoms with Crippen molar-refractivity contribution in [3.8, 4) is 0 Å². The van der Waals surface area contributed by atoms with Crippen molar-refractivity contribution in [2.75, 3.05) is 33.8 Å². The molecule has 2 saturated heterocycles. The number of aliphatic hydroxyl groups is 4. The van der Waals surface area contributed by atoms with Crippen LogP contribution in [0.3, 0.4) is 0 Å². The van der Waals surface area contributed by atoms with Gasteiger partial charge in [-0.2, -0.15) is 0 Å². The van der Waals surface area contributed by atoms with Crippen LogP contribution in [0.1, 0.15) is 67.9 Å². The van der Waals surface area contributed by atoms with Crippen molar-refractivity contribution in [1.82, 2.24) is 10.2 Å². The van der Waals surface area contributed by atoms with Crippen LogP contribution in [0.2, 0.25) is 0 Å². The first-order valence-corrected chi connectivity index (χ1v) is 15.8. The number of benzene rings is 2. The molecular formula is C35H50N2O8. The molecule has 5 N–H and O–H groups in total. The summed E-state index contributed by atoms with van der Waals surface area (Å²) in [5.74, 6) is -2.07. The van der Waals surface area contributed by atoms with E-state index in [4.69, 9.17) is 9.47 Å². The van der Waals surface area contributed by atoms with Gasteiger partial charge < -0.3 is 40.1 Å². The molecule has 2 heterocycles. The van der Waals surface area contributed by atoms with Crippen LogP contribution < -0.4 is 5.32 Å². The Kier molecular flexibility index (Phi) is 10.9. The Labute approximate surface area is 266 Å². The Morgan fingerprint density at radius 2 is 1.73 bits per heavy atom. The summed E-state index contributed by atoms with van der Waals surface area (Å²) in [4.78, 5) is 26.7. The molecule has 2 fully saturated rings. The van der Waals surface area contributed by atoms with Crippen LogP contribution in [0, 0.1) is 12.8 Å². The predicted molar refractivity (Wildman–Crippen MR) is 169 cm³/mol. The number of carbonyl (C=O) groups is 2. The highest BCUT2D eigenvalue weighted by atomic mass is 16.8. The summed E-state index contributed by atoms with van der Waals surface area (Å²) in [6.07, 6.45) is -1.94. The standard InChI is InChI=1S/C35H50N2O8/c1-22-10-15-27(35-31(41)29(39)30(40)34(45-35,21-44-35)33(3,4)43)20-26(22)19-25-13-11-24(12-14-25)8-7-9-28(38)18-23(2)32(42)36-16-17-37(5)6/h10-15,20,23,29-31,39-41,43H,7-9,16-19,21H2,1-6H3,(H,36,42)/t23-,29+,30+,31-,34+,35+/m1/s1. The van der Waals surface area contributed by atoms with E-state index in [9.17, 15) is 30.0 Å². The SMILES string of the molecule is Cc1ccc([C@]23OC[C@](C(C)(C)O)(O2)[C@@H](O)[C@H](O)[C@H]3O)cc1Cc1ccc(CCCC(=O)C[C@@H](C)C(=O)NCCN(C)C)cc1. The van der Waals surface area contributed by atoms with Crippen molar-refractivity contribution in [3.05, 3.63) is 70.3 Å². The molecule has 1 amide bonds. The van der Waals surface area contributed by atoms with Crippen LogP contribution in [0.4, 0.5) is 0 Å². The number of hydrogen-bond acceptors (Lipinski definition) is 9. The molecule has 0 aromatic heterocycles. The van der Waals surface area contributed by atoms with E-state index in [-0.39, 0.29) is 30.6 Å². The summed E-state index contributed by atoms with van der Waals surface area (Å²) >= 11 is 0. The number of fused-ring (bicyclic) bond motifs is 2. The first kappa shape index (κ1) is 35.2. The van der Waals surface area contributed by atoms with Gasteiger partial charge in [-0.15, -0.1) is 0 Å². The molecule has 0 unspecified atom stereocenters. The van der Waals surface area contributed by atoms with Crippen LogP contribution in [-0.4, -0.2) is 100 Å². The number of ketones is 1. The summed E-state index contributed by atoms with van der Waals surface area (Å²) in [6, 6.07) is 13.8. The van der Waals surface area contributed by atoms with Crippen LogP contribution in [0.5, 0.6) is 0 Å². The van der Waals surface area contributed by atoms with E-state index in [0.29, 0.717) is 31.4 Å². The molecule has 6 atom stereocenters. The summed E-state index contributed by atoms with van der Waals surface area (Å²) in [5.41, 5.74) is 1.51. The second-order valence-electron chi connectivity index (χ2n) is 13.6. The lowest BCUT2D eigenvalue weighted by Crippen LogP contribution is -2.70. The van der Waals surface area contributed by atoms with E-state index >= 15 is 0 Å². The van der Waals surface area contributed by atoms with Gasteiger partial charge in [-0.3, -0.25) is 9.59 Å². The van der Waals surface area contributed by atoms with E-state index in [2.05, 4.69) is 29.6 Å². The molecule has 0 radical (unpaired) electrons. The molecule has 10 nitrogen and oxygen atoms in total. The molecule has 0 spiro atoms. The van der Waals surface area contributed by atoms with Crippen LogP contribution in [0.15, 0.2) is 42.5 Å². The summed E-state index contributed by atoms with van der Waals surface area (Å²) in [6.45, 7) is 7.87. The van der Waals surface area contributed by atoms with Gasteiger partial charge >= 0.3 is 0 Å². The molecular weight excluding hydrogens is 576 g/mol. The number of nitrogens with zero attached hydrogens (tertiary/aromatic N) is 1. The average molecular weight is 627 g/mol. The fourth-order valence-electron chi connectivity index (χ4n) is 6.21. The number of hydrogen-bond donors (Lipinski definition) is 5. The maximum absolute atomic E-state index is 12.5. The zero-order valence-electron chi connectivity index (χ0n) is 27.4. The monoisotopic (exact) mass is 626 g/mol. The van der Waals surface area contributed by atoms with E-state index in [1.807, 2.05) is 38.1 Å². The number of Topliss-reactive ketones (excluding diaryl/α,β-unsaturated/α-hetero) is 1. The summed E-state index contributed by atoms with van der Waals surface area (Å²) in [7, 11) is 3.89. The number of aliphatic hydroxyl groups excluding tert-OH is 3. The van der Waals surface area contributed by atoms with Crippen molar-refractivity contribution in [3.63, 3.8) is 0 Å². The van der Waals surface area contributed by atoms with E-state index in [1.165, 1.54) is 13.8 Å². The Hall–Kier alpha value is -2.70. The fraction of sp³-hybridized carbons (Fsp3) is 0.600. The lowest BCUT2D eigenvalue weighted by molar-refractivity contribution is -0.348. The Morgan fingerprint density at radius 3 is 2.38 bits per heavy atom. The van der Waals surface area contributed by atoms with E-state index < -0.39 is 35.3 Å². The third-order valence-corrected chi connectivity index (χ3v) is 9.31. The highest BCUT2D eigenvalue weighted by molar-refractivity contribution is 5.86. The maximum Gasteiger partial charge on any atom is 0.225 e. The molecule has 0 aliphatic carbocycles. The van der Waals surface area contributed by atoms with Crippen molar-refractivity contribution in [2.45, 2.75) is 95.1 Å². The quantitative estimate of drug-likeness (QED) is 0.212. The summed E-state index contributed by atoms with van der Waals surface area (Å²) < 4.78 is 12.2. The number of aryl methyl sites for hydroxylation is 2. The lowest BCUT2D eigenvalue weighted by atomic mass is 9.75. The third kappa shape index (κ3) is 7.49. The van der Waals surface area contributed by atoms with Gasteiger partial charge in [-0.05, 0) is 82.4 Å². The number of carbonyl (C=O) groups excluding carboxylic acids is 2. The van der Waals surface area contributed by atoms with Gasteiger partial charge in [-0.25, -0.2) is 0 Å². The average Bonchev–Trinajstić information content (AvgIpc) is 3.38. The molecule has 45 heavy (non-hydrogen) atoms. The Morgan fingerprint density at radius 1 is 1.07 bits per heavy atom. The minimum atomic E-state index is -1.74. The molecule has 4 rings (SSSR count). The van der Waals surface area contributed by atoms with Crippen LogP contribution in [0.25, 0.3) is 0 Å². The fourth-order valence-corrected chi connectivity index (χ4v) is 6.21. The second kappa shape index (κ2) is 14.0. The summed E-state index contributed by atoms with van der Waals surface area (Å²) in [5, 5.41) is 46.3. The van der Waals surface area contributed by atoms with Gasteiger partial charge in [0.05, 0.1) is 12.2 Å². The van der Waals surface area contributed by atoms with Gasteiger partial charge in [0.2, 0.25) is 11.7 Å². The number of ether oxygens (including phenoxy) is 2. The molecule has 10 heteroatoms. The number of rotatable bonds is 14. The highest BCUT2D eigenvalue weighted by Crippen LogP contribution is 2.53. The van der Waals surface area contributed by atoms with Gasteiger partial charge in [0.1, 0.15) is 24.1 Å². The van der Waals surface area contributed by atoms with Crippen LogP contribution in [-0.2, 0) is 37.7 Å². The molecule has 2 aliphatic heterocycles. The first-order valence-electron chi connectivity index (χ1n) is 15.8. The Balaban J connectivity index is 1.35. The van der Waals surface area contributed by atoms with Gasteiger partial charge in [0, 0.05) is 37.4 Å². The molecule has 2 aliphatic rings. The largest absolute Gasteiger partial charge is 0.387 e. The maximum atomic E-state index is 12.5. The molecule has 2 bridgehead atoms. The van der Waals surface area contributed by atoms with Crippen LogP contribution >= 0.6 is 0 Å². The number of likely N-dealkylation sites (N-methyl/N-ethyl adjacent to an activating group) is 1. The van der Waals surface area contributed by atoms with Gasteiger partial charge in [0.15, 0.2) is 5.60 Å². The number of nitrogens with one attached hydrogen (secondary N) is 1. The minimum Gasteiger partial charge on any atom is -0.387 e. The number of amides is 1. The zero-order chi connectivity index (χ0) is 33.2. The highest BCUT2D eigenvalue weighted by Gasteiger charge is 2.71. The third-order valence-electron chi connectivity index (χ3n) is 9.31. The minimum absolute atomic E-state index is 0.0852. The first-order chi connectivity index (χ1) is 21.1. The van der Waals surface area contributed by atoms with E-state index in [1.54, 1.807) is 13.0 Å². The van der Waals surface area contributed by atoms with Gasteiger partial charge in [0.25, 0.3) is 0 Å². The van der Waals surface area contributed by atoms with Crippen molar-refractivity contribution in [1.29, 1.82) is 0 Å². The Bertz CT molecular complexity index is 1340. The van der Waals surface area contributed by atoms with Crippen molar-refractivity contribution in [2.24, 2.45) is 5.92 Å².